The zero-order chi connectivity index (χ0) is 25.9. The average molecular weight is 512 g/mol. The first-order chi connectivity index (χ1) is 16.4. The van der Waals surface area contributed by atoms with E-state index in [9.17, 15) is 30.8 Å². The highest BCUT2D eigenvalue weighted by atomic mass is 32.2. The predicted molar refractivity (Wildman–Crippen MR) is 123 cm³/mol. The molecule has 186 valence electrons. The summed E-state index contributed by atoms with van der Waals surface area (Å²) in [5.74, 6) is -6.66. The van der Waals surface area contributed by atoms with Gasteiger partial charge in [0.2, 0.25) is 0 Å². The molecule has 8 nitrogen and oxygen atoms in total. The Kier molecular flexibility index (Phi) is 7.60. The zero-order valence-electron chi connectivity index (χ0n) is 18.5. The molecule has 0 saturated carbocycles. The Bertz CT molecular complexity index is 1400. The molecule has 0 atom stereocenters. The molecule has 2 aromatic carbocycles. The van der Waals surface area contributed by atoms with Crippen LogP contribution in [-0.2, 0) is 16.6 Å². The van der Waals surface area contributed by atoms with Crippen molar-refractivity contribution in [1.82, 2.24) is 9.71 Å². The van der Waals surface area contributed by atoms with Crippen molar-refractivity contribution < 1.29 is 30.8 Å². The normalized spacial score (nSPS) is 11.4. The minimum absolute atomic E-state index is 0.0316. The van der Waals surface area contributed by atoms with Gasteiger partial charge in [-0.25, -0.2) is 22.5 Å². The van der Waals surface area contributed by atoms with Crippen molar-refractivity contribution in [2.45, 2.75) is 20.3 Å². The van der Waals surface area contributed by atoms with Crippen LogP contribution in [-0.4, -0.2) is 25.9 Å². The summed E-state index contributed by atoms with van der Waals surface area (Å²) in [7, 11) is -4.11. The average Bonchev–Trinajstić information content (AvgIpc) is 2.77. The molecule has 1 heterocycles. The summed E-state index contributed by atoms with van der Waals surface area (Å²) < 4.78 is 86.7. The smallest absolute Gasteiger partial charge is 0.300 e. The van der Waals surface area contributed by atoms with E-state index in [0.29, 0.717) is 5.56 Å². The third-order valence-electron chi connectivity index (χ3n) is 4.85. The molecule has 0 radical (unpaired) electrons. The maximum absolute atomic E-state index is 15.0. The van der Waals surface area contributed by atoms with Crippen molar-refractivity contribution in [2.75, 3.05) is 16.6 Å². The van der Waals surface area contributed by atoms with Crippen molar-refractivity contribution in [3.05, 3.63) is 82.1 Å². The molecule has 3 aromatic rings. The van der Waals surface area contributed by atoms with Crippen molar-refractivity contribution in [3.63, 3.8) is 0 Å². The van der Waals surface area contributed by atoms with Gasteiger partial charge in [-0.05, 0) is 47.9 Å². The second-order valence-electron chi connectivity index (χ2n) is 7.47. The van der Waals surface area contributed by atoms with E-state index in [0.717, 1.165) is 24.4 Å². The molecule has 13 heteroatoms. The van der Waals surface area contributed by atoms with Crippen molar-refractivity contribution in [3.8, 4) is 0 Å². The number of aromatic nitrogens is 1. The number of hydrogen-bond donors (Lipinski definition) is 4. The van der Waals surface area contributed by atoms with Gasteiger partial charge in [-0.2, -0.15) is 13.1 Å². The van der Waals surface area contributed by atoms with Crippen LogP contribution in [0.25, 0.3) is 0 Å². The van der Waals surface area contributed by atoms with Gasteiger partial charge in [0, 0.05) is 19.2 Å². The lowest BCUT2D eigenvalue weighted by Gasteiger charge is -2.16. The predicted octanol–water partition coefficient (Wildman–Crippen LogP) is 3.65. The van der Waals surface area contributed by atoms with Gasteiger partial charge >= 0.3 is 0 Å². The Balaban J connectivity index is 2.02. The molecule has 0 aliphatic rings. The number of hydrogen-bond acceptors (Lipinski definition) is 5. The summed E-state index contributed by atoms with van der Waals surface area (Å²) in [6.45, 7) is 3.17. The Morgan fingerprint density at radius 2 is 1.74 bits per heavy atom. The molecule has 0 saturated heterocycles. The van der Waals surface area contributed by atoms with Gasteiger partial charge in [-0.1, -0.05) is 13.0 Å². The van der Waals surface area contributed by atoms with E-state index in [2.05, 4.69) is 15.0 Å². The number of rotatable bonds is 9. The van der Waals surface area contributed by atoms with Gasteiger partial charge in [0.1, 0.15) is 5.82 Å². The molecule has 1 amide bonds. The fraction of sp³-hybridized carbons (Fsp3) is 0.182. The first-order valence-electron chi connectivity index (χ1n) is 10.2. The van der Waals surface area contributed by atoms with Gasteiger partial charge in [0.15, 0.2) is 23.3 Å². The molecule has 0 aliphatic heterocycles. The molecule has 0 fully saturated rings. The first-order valence-corrected chi connectivity index (χ1v) is 11.7. The molecule has 0 unspecified atom stereocenters. The molecular formula is C22H21F4N5O3S. The highest BCUT2D eigenvalue weighted by Gasteiger charge is 2.24. The molecule has 0 bridgehead atoms. The number of nitrogens with zero attached hydrogens (tertiary/aromatic N) is 1. The monoisotopic (exact) mass is 511 g/mol. The third-order valence-corrected chi connectivity index (χ3v) is 5.98. The number of aryl methyl sites for hydroxylation is 1. The molecule has 1 aromatic heterocycles. The van der Waals surface area contributed by atoms with Crippen LogP contribution in [0.5, 0.6) is 0 Å². The number of pyridine rings is 1. The zero-order valence-corrected chi connectivity index (χ0v) is 19.4. The number of carbonyl (C=O) groups is 1. The minimum Gasteiger partial charge on any atom is -0.366 e. The number of nitrogens with two attached hydrogens (primary N) is 1. The van der Waals surface area contributed by atoms with Crippen LogP contribution in [0.15, 0.2) is 36.5 Å². The molecule has 3 rings (SSSR count). The van der Waals surface area contributed by atoms with E-state index in [1.54, 1.807) is 6.92 Å². The molecule has 5 N–H and O–H groups in total. The largest absolute Gasteiger partial charge is 0.366 e. The van der Waals surface area contributed by atoms with E-state index in [1.807, 2.05) is 4.72 Å². The molecule has 35 heavy (non-hydrogen) atoms. The van der Waals surface area contributed by atoms with E-state index >= 15 is 0 Å². The maximum atomic E-state index is 15.0. The third kappa shape index (κ3) is 5.87. The summed E-state index contributed by atoms with van der Waals surface area (Å²) >= 11 is 0. The topological polar surface area (TPSA) is 126 Å². The van der Waals surface area contributed by atoms with Crippen LogP contribution in [0.4, 0.5) is 34.8 Å². The summed E-state index contributed by atoms with van der Waals surface area (Å²) in [6, 6.07) is 6.01. The Morgan fingerprint density at radius 1 is 1.03 bits per heavy atom. The molecule has 0 aliphatic carbocycles. The van der Waals surface area contributed by atoms with E-state index < -0.39 is 68.4 Å². The quantitative estimate of drug-likeness (QED) is 0.326. The van der Waals surface area contributed by atoms with Crippen molar-refractivity contribution in [2.24, 2.45) is 5.73 Å². The van der Waals surface area contributed by atoms with Gasteiger partial charge in [-0.15, -0.1) is 0 Å². The van der Waals surface area contributed by atoms with Gasteiger partial charge < -0.3 is 11.1 Å². The first kappa shape index (κ1) is 25.9. The highest BCUT2D eigenvalue weighted by molar-refractivity contribution is 7.90. The number of halogens is 4. The maximum Gasteiger partial charge on any atom is 0.300 e. The lowest BCUT2D eigenvalue weighted by Crippen LogP contribution is -2.30. The second kappa shape index (κ2) is 10.3. The summed E-state index contributed by atoms with van der Waals surface area (Å²) in [5.41, 5.74) is 3.82. The SMILES string of the molecule is CCNS(=O)(=O)Nc1nccc(Cc2cc(C(N)=O)c(Nc3ccc(C)cc3F)c(F)c2F)c1F. The minimum atomic E-state index is -4.11. The van der Waals surface area contributed by atoms with Gasteiger partial charge in [0.25, 0.3) is 16.1 Å². The standard InChI is InChI=1S/C22H21F4N5O3S/c1-3-29-35(33,34)31-22-18(25)12(6-7-28-22)9-13-10-14(21(27)32)20(19(26)17(13)24)30-16-5-4-11(2)8-15(16)23/h4-8,10,29-30H,3,9H2,1-2H3,(H2,27,32)(H,28,31). The number of anilines is 3. The van der Waals surface area contributed by atoms with Crippen LogP contribution in [0.1, 0.15) is 34.0 Å². The van der Waals surface area contributed by atoms with Crippen LogP contribution in [0, 0.1) is 30.2 Å². The Labute approximate surface area is 198 Å². The van der Waals surface area contributed by atoms with Crippen molar-refractivity contribution >= 4 is 33.3 Å². The molecule has 0 spiro atoms. The number of carbonyl (C=O) groups excluding carboxylic acids is 1. The van der Waals surface area contributed by atoms with E-state index in [-0.39, 0.29) is 17.8 Å². The number of benzene rings is 2. The van der Waals surface area contributed by atoms with Crippen LogP contribution >= 0.6 is 0 Å². The number of primary amides is 1. The Hall–Kier alpha value is -3.71. The summed E-state index contributed by atoms with van der Waals surface area (Å²) in [5, 5.41) is 2.35. The van der Waals surface area contributed by atoms with Crippen LogP contribution < -0.4 is 20.5 Å². The highest BCUT2D eigenvalue weighted by Crippen LogP contribution is 2.31. The van der Waals surface area contributed by atoms with E-state index in [1.165, 1.54) is 19.1 Å². The number of nitrogens with one attached hydrogen (secondary N) is 3. The van der Waals surface area contributed by atoms with Gasteiger partial charge in [-0.3, -0.25) is 9.52 Å². The number of amides is 1. The van der Waals surface area contributed by atoms with E-state index in [4.69, 9.17) is 5.73 Å². The lowest BCUT2D eigenvalue weighted by molar-refractivity contribution is 0.100. The fourth-order valence-electron chi connectivity index (χ4n) is 3.23. The summed E-state index contributed by atoms with van der Waals surface area (Å²) in [6.07, 6.45) is 0.494. The lowest BCUT2D eigenvalue weighted by atomic mass is 10.00. The fourth-order valence-corrected chi connectivity index (χ4v) is 4.08. The van der Waals surface area contributed by atoms with Gasteiger partial charge in [0.05, 0.1) is 16.9 Å². The Morgan fingerprint density at radius 3 is 2.37 bits per heavy atom. The van der Waals surface area contributed by atoms with Crippen LogP contribution in [0.3, 0.4) is 0 Å². The molecular weight excluding hydrogens is 490 g/mol. The van der Waals surface area contributed by atoms with Crippen LogP contribution in [0.2, 0.25) is 0 Å². The second-order valence-corrected chi connectivity index (χ2v) is 8.97. The van der Waals surface area contributed by atoms with Crippen molar-refractivity contribution in [1.29, 1.82) is 0 Å². The summed E-state index contributed by atoms with van der Waals surface area (Å²) in [4.78, 5) is 15.6.